The van der Waals surface area contributed by atoms with Crippen molar-refractivity contribution < 1.29 is 0 Å². The normalized spacial score (nSPS) is 17.0. The lowest BCUT2D eigenvalue weighted by molar-refractivity contribution is 0.122. The van der Waals surface area contributed by atoms with Crippen LogP contribution in [0.1, 0.15) is 11.1 Å². The molecule has 0 aromatic heterocycles. The van der Waals surface area contributed by atoms with Gasteiger partial charge in [-0.05, 0) is 17.2 Å². The van der Waals surface area contributed by atoms with Gasteiger partial charge in [0.15, 0.2) is 0 Å². The van der Waals surface area contributed by atoms with Crippen molar-refractivity contribution in [1.29, 1.82) is 0 Å². The van der Waals surface area contributed by atoms with E-state index in [-0.39, 0.29) is 0 Å². The van der Waals surface area contributed by atoms with Crippen LogP contribution in [0.25, 0.3) is 0 Å². The van der Waals surface area contributed by atoms with Gasteiger partial charge in [-0.3, -0.25) is 9.80 Å². The second-order valence-electron chi connectivity index (χ2n) is 5.63. The lowest BCUT2D eigenvalue weighted by atomic mass is 10.1. The summed E-state index contributed by atoms with van der Waals surface area (Å²) in [5.74, 6) is 0. The van der Waals surface area contributed by atoms with Crippen LogP contribution >= 0.6 is 15.9 Å². The maximum atomic E-state index is 3.64. The molecule has 2 aromatic rings. The van der Waals surface area contributed by atoms with Crippen LogP contribution in [0.15, 0.2) is 59.1 Å². The molecular formula is C18H21BrN2. The van der Waals surface area contributed by atoms with E-state index in [2.05, 4.69) is 80.3 Å². The predicted molar refractivity (Wildman–Crippen MR) is 91.1 cm³/mol. The number of halogens is 1. The number of benzene rings is 2. The highest BCUT2D eigenvalue weighted by Crippen LogP contribution is 2.19. The van der Waals surface area contributed by atoms with Crippen LogP contribution in [-0.4, -0.2) is 36.0 Å². The molecule has 2 aromatic carbocycles. The standard InChI is InChI=1S/C18H21BrN2/c19-18-9-5-4-8-17(18)15-21-12-10-20(11-13-21)14-16-6-2-1-3-7-16/h1-9H,10-15H2. The average molecular weight is 345 g/mol. The van der Waals surface area contributed by atoms with Gasteiger partial charge in [0, 0.05) is 43.7 Å². The maximum Gasteiger partial charge on any atom is 0.0246 e. The van der Waals surface area contributed by atoms with Crippen LogP contribution in [0.2, 0.25) is 0 Å². The fourth-order valence-electron chi connectivity index (χ4n) is 2.81. The lowest BCUT2D eigenvalue weighted by Gasteiger charge is -2.34. The van der Waals surface area contributed by atoms with E-state index in [9.17, 15) is 0 Å². The van der Waals surface area contributed by atoms with Gasteiger partial charge in [-0.2, -0.15) is 0 Å². The summed E-state index contributed by atoms with van der Waals surface area (Å²) < 4.78 is 1.22. The molecule has 0 radical (unpaired) electrons. The van der Waals surface area contributed by atoms with E-state index >= 15 is 0 Å². The van der Waals surface area contributed by atoms with Crippen molar-refractivity contribution in [2.24, 2.45) is 0 Å². The van der Waals surface area contributed by atoms with Gasteiger partial charge < -0.3 is 0 Å². The van der Waals surface area contributed by atoms with Crippen molar-refractivity contribution in [2.45, 2.75) is 13.1 Å². The SMILES string of the molecule is Brc1ccccc1CN1CCN(Cc2ccccc2)CC1. The van der Waals surface area contributed by atoms with E-state index in [0.29, 0.717) is 0 Å². The van der Waals surface area contributed by atoms with E-state index < -0.39 is 0 Å². The minimum absolute atomic E-state index is 1.04. The minimum atomic E-state index is 1.04. The summed E-state index contributed by atoms with van der Waals surface area (Å²) in [5.41, 5.74) is 2.80. The summed E-state index contributed by atoms with van der Waals surface area (Å²) in [6, 6.07) is 19.3. The molecule has 0 spiro atoms. The first-order valence-corrected chi connectivity index (χ1v) is 8.32. The van der Waals surface area contributed by atoms with Crippen LogP contribution < -0.4 is 0 Å². The van der Waals surface area contributed by atoms with Gasteiger partial charge in [0.25, 0.3) is 0 Å². The average Bonchev–Trinajstić information content (AvgIpc) is 2.52. The fraction of sp³-hybridized carbons (Fsp3) is 0.333. The molecule has 0 unspecified atom stereocenters. The van der Waals surface area contributed by atoms with E-state index in [1.54, 1.807) is 0 Å². The molecule has 0 N–H and O–H groups in total. The Labute approximate surface area is 135 Å². The van der Waals surface area contributed by atoms with Crippen molar-refractivity contribution in [3.8, 4) is 0 Å². The molecule has 2 nitrogen and oxygen atoms in total. The second-order valence-corrected chi connectivity index (χ2v) is 6.48. The maximum absolute atomic E-state index is 3.64. The number of piperazine rings is 1. The predicted octanol–water partition coefficient (Wildman–Crippen LogP) is 3.77. The molecule has 1 aliphatic heterocycles. The molecule has 0 bridgehead atoms. The minimum Gasteiger partial charge on any atom is -0.297 e. The van der Waals surface area contributed by atoms with Crippen molar-refractivity contribution in [2.75, 3.05) is 26.2 Å². The van der Waals surface area contributed by atoms with Crippen molar-refractivity contribution in [3.63, 3.8) is 0 Å². The summed E-state index contributed by atoms with van der Waals surface area (Å²) in [6.45, 7) is 6.71. The van der Waals surface area contributed by atoms with Crippen LogP contribution in [0.5, 0.6) is 0 Å². The van der Waals surface area contributed by atoms with Crippen LogP contribution in [0, 0.1) is 0 Å². The number of hydrogen-bond donors (Lipinski definition) is 0. The molecule has 0 amide bonds. The number of hydrogen-bond acceptors (Lipinski definition) is 2. The van der Waals surface area contributed by atoms with Gasteiger partial charge in [-0.15, -0.1) is 0 Å². The Morgan fingerprint density at radius 3 is 1.95 bits per heavy atom. The van der Waals surface area contributed by atoms with Crippen molar-refractivity contribution in [1.82, 2.24) is 9.80 Å². The van der Waals surface area contributed by atoms with E-state index in [4.69, 9.17) is 0 Å². The van der Waals surface area contributed by atoms with E-state index in [1.807, 2.05) is 0 Å². The van der Waals surface area contributed by atoms with Crippen LogP contribution in [0.3, 0.4) is 0 Å². The summed E-state index contributed by atoms with van der Waals surface area (Å²) in [7, 11) is 0. The Hall–Kier alpha value is -1.16. The monoisotopic (exact) mass is 344 g/mol. The number of rotatable bonds is 4. The van der Waals surface area contributed by atoms with Crippen molar-refractivity contribution in [3.05, 3.63) is 70.2 Å². The van der Waals surface area contributed by atoms with Crippen LogP contribution in [-0.2, 0) is 13.1 Å². The first kappa shape index (κ1) is 14.8. The Morgan fingerprint density at radius 2 is 1.29 bits per heavy atom. The second kappa shape index (κ2) is 7.21. The summed E-state index contributed by atoms with van der Waals surface area (Å²) in [4.78, 5) is 5.09. The largest absolute Gasteiger partial charge is 0.297 e. The molecule has 0 atom stereocenters. The Kier molecular flexibility index (Phi) is 5.07. The van der Waals surface area contributed by atoms with E-state index in [0.717, 1.165) is 39.3 Å². The Morgan fingerprint density at radius 1 is 0.714 bits per heavy atom. The third kappa shape index (κ3) is 4.16. The smallest absolute Gasteiger partial charge is 0.0246 e. The molecule has 1 fully saturated rings. The molecule has 0 saturated carbocycles. The highest BCUT2D eigenvalue weighted by atomic mass is 79.9. The highest BCUT2D eigenvalue weighted by molar-refractivity contribution is 9.10. The molecular weight excluding hydrogens is 324 g/mol. The Bertz CT molecular complexity index is 562. The molecule has 3 rings (SSSR count). The van der Waals surface area contributed by atoms with Gasteiger partial charge in [-0.1, -0.05) is 64.5 Å². The Balaban J connectivity index is 1.50. The first-order valence-electron chi connectivity index (χ1n) is 7.53. The van der Waals surface area contributed by atoms with Gasteiger partial charge in [0.05, 0.1) is 0 Å². The van der Waals surface area contributed by atoms with Gasteiger partial charge in [0.2, 0.25) is 0 Å². The molecule has 1 heterocycles. The van der Waals surface area contributed by atoms with Crippen LogP contribution in [0.4, 0.5) is 0 Å². The van der Waals surface area contributed by atoms with Crippen molar-refractivity contribution >= 4 is 15.9 Å². The molecule has 110 valence electrons. The third-order valence-corrected chi connectivity index (χ3v) is 4.84. The van der Waals surface area contributed by atoms with Gasteiger partial charge in [0.1, 0.15) is 0 Å². The summed E-state index contributed by atoms with van der Waals surface area (Å²) in [5, 5.41) is 0. The molecule has 3 heteroatoms. The quantitative estimate of drug-likeness (QED) is 0.832. The number of nitrogens with zero attached hydrogens (tertiary/aromatic N) is 2. The lowest BCUT2D eigenvalue weighted by Crippen LogP contribution is -2.45. The third-order valence-electron chi connectivity index (χ3n) is 4.07. The van der Waals surface area contributed by atoms with E-state index in [1.165, 1.54) is 15.6 Å². The molecule has 1 saturated heterocycles. The fourth-order valence-corrected chi connectivity index (χ4v) is 3.22. The summed E-state index contributed by atoms with van der Waals surface area (Å²) in [6.07, 6.45) is 0. The highest BCUT2D eigenvalue weighted by Gasteiger charge is 2.17. The van der Waals surface area contributed by atoms with Gasteiger partial charge >= 0.3 is 0 Å². The zero-order chi connectivity index (χ0) is 14.5. The molecule has 0 aliphatic carbocycles. The summed E-state index contributed by atoms with van der Waals surface area (Å²) >= 11 is 3.64. The molecule has 21 heavy (non-hydrogen) atoms. The topological polar surface area (TPSA) is 6.48 Å². The zero-order valence-electron chi connectivity index (χ0n) is 12.2. The zero-order valence-corrected chi connectivity index (χ0v) is 13.8. The first-order chi connectivity index (χ1) is 10.3. The molecule has 1 aliphatic rings. The van der Waals surface area contributed by atoms with Gasteiger partial charge in [-0.25, -0.2) is 0 Å².